The summed E-state index contributed by atoms with van der Waals surface area (Å²) in [5.41, 5.74) is -2.46. The molecular weight excluding hydrogens is 221 g/mol. The summed E-state index contributed by atoms with van der Waals surface area (Å²) in [6.07, 6.45) is -3.86. The van der Waals surface area contributed by atoms with Crippen LogP contribution >= 0.6 is 12.2 Å². The highest BCUT2D eigenvalue weighted by Crippen LogP contribution is 2.35. The van der Waals surface area contributed by atoms with Crippen molar-refractivity contribution in [3.05, 3.63) is 32.6 Å². The summed E-state index contributed by atoms with van der Waals surface area (Å²) in [5.74, 6) is 0. The Labute approximate surface area is 80.5 Å². The molecule has 1 heterocycles. The molecule has 1 aromatic rings. The van der Waals surface area contributed by atoms with Crippen molar-refractivity contribution in [2.75, 3.05) is 0 Å². The molecule has 0 saturated carbocycles. The molecule has 0 fully saturated rings. The lowest BCUT2D eigenvalue weighted by Crippen LogP contribution is -2.09. The van der Waals surface area contributed by atoms with Gasteiger partial charge in [0.05, 0.1) is 4.92 Å². The molecule has 0 aliphatic carbocycles. The zero-order valence-electron chi connectivity index (χ0n) is 6.46. The van der Waals surface area contributed by atoms with Crippen LogP contribution in [0.1, 0.15) is 5.56 Å². The Bertz CT molecular complexity index is 426. The molecule has 4 nitrogen and oxygen atoms in total. The van der Waals surface area contributed by atoms with Crippen molar-refractivity contribution in [3.8, 4) is 0 Å². The first-order valence-corrected chi connectivity index (χ1v) is 3.68. The Morgan fingerprint density at radius 1 is 1.50 bits per heavy atom. The minimum Gasteiger partial charge on any atom is -0.347 e. The summed E-state index contributed by atoms with van der Waals surface area (Å²) < 4.78 is 36.1. The number of aromatic amines is 1. The number of H-pyrrole nitrogens is 1. The fraction of sp³-hybridized carbons (Fsp3) is 0.167. The van der Waals surface area contributed by atoms with Crippen LogP contribution in [-0.2, 0) is 6.18 Å². The fourth-order valence-corrected chi connectivity index (χ4v) is 1.13. The molecule has 0 bridgehead atoms. The van der Waals surface area contributed by atoms with E-state index in [0.29, 0.717) is 6.07 Å². The molecule has 1 rings (SSSR count). The van der Waals surface area contributed by atoms with Crippen LogP contribution in [0.3, 0.4) is 0 Å². The zero-order chi connectivity index (χ0) is 10.9. The van der Waals surface area contributed by atoms with E-state index >= 15 is 0 Å². The maximum atomic E-state index is 12.2. The summed E-state index contributed by atoms with van der Waals surface area (Å²) in [6, 6.07) is 0.577. The SMILES string of the molecule is O=[N+]([O-])c1c(C(F)(F)F)cc[nH]c1=S. The first kappa shape index (κ1) is 10.6. The highest BCUT2D eigenvalue weighted by atomic mass is 32.1. The summed E-state index contributed by atoms with van der Waals surface area (Å²) in [6.45, 7) is 0. The maximum Gasteiger partial charge on any atom is 0.423 e. The number of halogens is 3. The second kappa shape index (κ2) is 3.37. The zero-order valence-corrected chi connectivity index (χ0v) is 7.28. The summed E-state index contributed by atoms with van der Waals surface area (Å²) in [7, 11) is 0. The first-order chi connectivity index (χ1) is 6.34. The van der Waals surface area contributed by atoms with E-state index in [1.54, 1.807) is 0 Å². The number of nitrogens with zero attached hydrogens (tertiary/aromatic N) is 1. The largest absolute Gasteiger partial charge is 0.423 e. The molecule has 0 aromatic carbocycles. The predicted octanol–water partition coefficient (Wildman–Crippen LogP) is 2.67. The van der Waals surface area contributed by atoms with Gasteiger partial charge in [0, 0.05) is 6.20 Å². The van der Waals surface area contributed by atoms with Gasteiger partial charge in [-0.2, -0.15) is 13.2 Å². The van der Waals surface area contributed by atoms with Crippen LogP contribution in [0.5, 0.6) is 0 Å². The van der Waals surface area contributed by atoms with Gasteiger partial charge in [-0.05, 0) is 6.07 Å². The van der Waals surface area contributed by atoms with Gasteiger partial charge in [-0.1, -0.05) is 12.2 Å². The van der Waals surface area contributed by atoms with Gasteiger partial charge in [0.25, 0.3) is 0 Å². The van der Waals surface area contributed by atoms with E-state index in [-0.39, 0.29) is 0 Å². The number of rotatable bonds is 1. The molecule has 0 spiro atoms. The van der Waals surface area contributed by atoms with Gasteiger partial charge < -0.3 is 4.98 Å². The molecule has 76 valence electrons. The maximum absolute atomic E-state index is 12.2. The summed E-state index contributed by atoms with van der Waals surface area (Å²) in [4.78, 5) is 11.3. The Morgan fingerprint density at radius 2 is 2.07 bits per heavy atom. The summed E-state index contributed by atoms with van der Waals surface area (Å²) in [5, 5.41) is 10.3. The second-order valence-corrected chi connectivity index (χ2v) is 2.73. The molecule has 1 aromatic heterocycles. The quantitative estimate of drug-likeness (QED) is 0.453. The second-order valence-electron chi connectivity index (χ2n) is 2.32. The standard InChI is InChI=1S/C6H3F3N2O2S/c7-6(8,9)3-1-2-10-5(14)4(3)11(12)13/h1-2H,(H,10,14). The van der Waals surface area contributed by atoms with E-state index in [4.69, 9.17) is 0 Å². The molecule has 0 radical (unpaired) electrons. The van der Waals surface area contributed by atoms with Crippen LogP contribution in [0.2, 0.25) is 0 Å². The first-order valence-electron chi connectivity index (χ1n) is 3.27. The highest BCUT2D eigenvalue weighted by molar-refractivity contribution is 7.71. The summed E-state index contributed by atoms with van der Waals surface area (Å²) >= 11 is 4.39. The van der Waals surface area contributed by atoms with Crippen molar-refractivity contribution >= 4 is 17.9 Å². The molecule has 1 N–H and O–H groups in total. The number of aromatic nitrogens is 1. The van der Waals surface area contributed by atoms with E-state index in [9.17, 15) is 23.3 Å². The topological polar surface area (TPSA) is 58.9 Å². The van der Waals surface area contributed by atoms with Crippen molar-refractivity contribution in [2.24, 2.45) is 0 Å². The third-order valence-corrected chi connectivity index (χ3v) is 1.73. The van der Waals surface area contributed by atoms with Crippen LogP contribution < -0.4 is 0 Å². The van der Waals surface area contributed by atoms with Gasteiger partial charge in [0.1, 0.15) is 5.56 Å². The smallest absolute Gasteiger partial charge is 0.347 e. The molecule has 0 aliphatic heterocycles. The Hall–Kier alpha value is -1.44. The van der Waals surface area contributed by atoms with E-state index in [1.807, 2.05) is 0 Å². The van der Waals surface area contributed by atoms with E-state index in [2.05, 4.69) is 17.2 Å². The van der Waals surface area contributed by atoms with Crippen LogP contribution in [0.4, 0.5) is 18.9 Å². The van der Waals surface area contributed by atoms with Gasteiger partial charge in [-0.15, -0.1) is 0 Å². The molecule has 8 heteroatoms. The van der Waals surface area contributed by atoms with Crippen LogP contribution in [0, 0.1) is 14.8 Å². The molecular formula is C6H3F3N2O2S. The van der Waals surface area contributed by atoms with E-state index < -0.39 is 27.0 Å². The Kier molecular flexibility index (Phi) is 2.56. The number of pyridine rings is 1. The molecule has 0 atom stereocenters. The van der Waals surface area contributed by atoms with E-state index in [1.165, 1.54) is 0 Å². The normalized spacial score (nSPS) is 11.4. The number of hydrogen-bond donors (Lipinski definition) is 1. The average Bonchev–Trinajstić information content (AvgIpc) is 2.01. The monoisotopic (exact) mass is 224 g/mol. The van der Waals surface area contributed by atoms with Gasteiger partial charge in [-0.3, -0.25) is 10.1 Å². The van der Waals surface area contributed by atoms with Crippen molar-refractivity contribution in [1.29, 1.82) is 0 Å². The number of nitrogens with one attached hydrogen (secondary N) is 1. The molecule has 14 heavy (non-hydrogen) atoms. The minimum atomic E-state index is -4.77. The van der Waals surface area contributed by atoms with Crippen molar-refractivity contribution < 1.29 is 18.1 Å². The van der Waals surface area contributed by atoms with Gasteiger partial charge >= 0.3 is 11.9 Å². The highest BCUT2D eigenvalue weighted by Gasteiger charge is 2.38. The van der Waals surface area contributed by atoms with Gasteiger partial charge in [0.15, 0.2) is 4.64 Å². The van der Waals surface area contributed by atoms with Crippen LogP contribution in [0.15, 0.2) is 12.3 Å². The predicted molar refractivity (Wildman–Crippen MR) is 43.3 cm³/mol. The minimum absolute atomic E-state index is 0.537. The fourth-order valence-electron chi connectivity index (χ4n) is 0.880. The van der Waals surface area contributed by atoms with Crippen molar-refractivity contribution in [2.45, 2.75) is 6.18 Å². The molecule has 0 aliphatic rings. The lowest BCUT2D eigenvalue weighted by molar-refractivity contribution is -0.388. The molecule has 0 amide bonds. The van der Waals surface area contributed by atoms with Crippen molar-refractivity contribution in [1.82, 2.24) is 4.98 Å². The van der Waals surface area contributed by atoms with Gasteiger partial charge in [-0.25, -0.2) is 0 Å². The average molecular weight is 224 g/mol. The van der Waals surface area contributed by atoms with Crippen molar-refractivity contribution in [3.63, 3.8) is 0 Å². The molecule has 0 saturated heterocycles. The molecule has 0 unspecified atom stereocenters. The van der Waals surface area contributed by atoms with E-state index in [0.717, 1.165) is 6.20 Å². The van der Waals surface area contributed by atoms with Crippen LogP contribution in [-0.4, -0.2) is 9.91 Å². The Morgan fingerprint density at radius 3 is 2.43 bits per heavy atom. The number of alkyl halides is 3. The van der Waals surface area contributed by atoms with Gasteiger partial charge in [0.2, 0.25) is 0 Å². The van der Waals surface area contributed by atoms with Crippen LogP contribution in [0.25, 0.3) is 0 Å². The number of nitro groups is 1. The Balaban J connectivity index is 3.52. The third-order valence-electron chi connectivity index (χ3n) is 1.42. The third kappa shape index (κ3) is 1.90. The number of hydrogen-bond acceptors (Lipinski definition) is 3. The lowest BCUT2D eigenvalue weighted by atomic mass is 10.2. The lowest BCUT2D eigenvalue weighted by Gasteiger charge is -2.05.